The van der Waals surface area contributed by atoms with Crippen LogP contribution in [0.3, 0.4) is 0 Å². The van der Waals surface area contributed by atoms with Gasteiger partial charge in [-0.1, -0.05) is 0 Å². The predicted molar refractivity (Wildman–Crippen MR) is 39.2 cm³/mol. The van der Waals surface area contributed by atoms with Gasteiger partial charge in [0, 0.05) is 18.5 Å². The maximum atomic E-state index is 11.0. The Labute approximate surface area is 68.7 Å². The maximum Gasteiger partial charge on any atom is 0.254 e. The van der Waals surface area contributed by atoms with E-state index in [0.29, 0.717) is 6.08 Å². The second kappa shape index (κ2) is 3.52. The number of carboxylic acid groups (broad SMARTS) is 1. The van der Waals surface area contributed by atoms with Crippen molar-refractivity contribution in [1.82, 2.24) is 4.57 Å². The molecule has 0 saturated carbocycles. The van der Waals surface area contributed by atoms with Gasteiger partial charge < -0.3 is 9.90 Å². The van der Waals surface area contributed by atoms with Gasteiger partial charge in [0.15, 0.2) is 0 Å². The minimum Gasteiger partial charge on any atom is -0.545 e. The molecule has 1 rings (SSSR count). The van der Waals surface area contributed by atoms with Gasteiger partial charge in [0.05, 0.1) is 5.97 Å². The van der Waals surface area contributed by atoms with E-state index in [1.165, 1.54) is 17.0 Å². The second-order valence-electron chi connectivity index (χ2n) is 2.08. The monoisotopic (exact) mass is 164 g/mol. The molecule has 0 bridgehead atoms. The molecule has 0 aliphatic heterocycles. The Kier molecular flexibility index (Phi) is 2.42. The van der Waals surface area contributed by atoms with Crippen LogP contribution in [0.2, 0.25) is 0 Å². The Morgan fingerprint density at radius 3 is 2.25 bits per heavy atom. The van der Waals surface area contributed by atoms with E-state index in [1.54, 1.807) is 12.1 Å². The lowest BCUT2D eigenvalue weighted by molar-refractivity contribution is -0.297. The number of allylic oxidation sites excluding steroid dienone is 1. The average Bonchev–Trinajstić information content (AvgIpc) is 2.51. The number of nitrogens with zero attached hydrogens (tertiary/aromatic N) is 1. The van der Waals surface area contributed by atoms with Gasteiger partial charge in [-0.2, -0.15) is 0 Å². The van der Waals surface area contributed by atoms with Crippen molar-refractivity contribution in [3.8, 4) is 0 Å². The Bertz CT molecular complexity index is 311. The summed E-state index contributed by atoms with van der Waals surface area (Å²) >= 11 is 0. The minimum atomic E-state index is -1.38. The largest absolute Gasteiger partial charge is 0.545 e. The minimum absolute atomic E-state index is 0.413. The molecule has 0 saturated heterocycles. The third-order valence-corrected chi connectivity index (χ3v) is 1.22. The molecule has 1 aromatic heterocycles. The van der Waals surface area contributed by atoms with Crippen LogP contribution in [0.5, 0.6) is 0 Å². The molecule has 1 heterocycles. The van der Waals surface area contributed by atoms with E-state index in [4.69, 9.17) is 0 Å². The van der Waals surface area contributed by atoms with Crippen LogP contribution in [0.25, 0.3) is 0 Å². The lowest BCUT2D eigenvalue weighted by Gasteiger charge is -1.94. The summed E-state index contributed by atoms with van der Waals surface area (Å²) in [4.78, 5) is 20.9. The first-order chi connectivity index (χ1) is 5.70. The zero-order chi connectivity index (χ0) is 8.97. The highest BCUT2D eigenvalue weighted by molar-refractivity contribution is 5.94. The number of aromatic nitrogens is 1. The topological polar surface area (TPSA) is 62.1 Å². The zero-order valence-corrected chi connectivity index (χ0v) is 6.14. The van der Waals surface area contributed by atoms with Crippen molar-refractivity contribution in [1.29, 1.82) is 0 Å². The number of carboxylic acids is 1. The molecular weight excluding hydrogens is 158 g/mol. The summed E-state index contributed by atoms with van der Waals surface area (Å²) in [6, 6.07) is 3.34. The van der Waals surface area contributed by atoms with Crippen molar-refractivity contribution in [3.63, 3.8) is 0 Å². The van der Waals surface area contributed by atoms with Gasteiger partial charge in [-0.3, -0.25) is 9.36 Å². The highest BCUT2D eigenvalue weighted by atomic mass is 16.4. The highest BCUT2D eigenvalue weighted by Crippen LogP contribution is 1.90. The van der Waals surface area contributed by atoms with Crippen molar-refractivity contribution in [2.24, 2.45) is 0 Å². The molecule has 62 valence electrons. The lowest BCUT2D eigenvalue weighted by Crippen LogP contribution is -2.19. The fourth-order valence-corrected chi connectivity index (χ4v) is 0.707. The quantitative estimate of drug-likeness (QED) is 0.550. The van der Waals surface area contributed by atoms with Crippen LogP contribution in [0.1, 0.15) is 4.79 Å². The van der Waals surface area contributed by atoms with Crippen LogP contribution >= 0.6 is 0 Å². The molecule has 4 heteroatoms. The average molecular weight is 164 g/mol. The number of hydrogen-bond acceptors (Lipinski definition) is 3. The first-order valence-electron chi connectivity index (χ1n) is 3.26. The van der Waals surface area contributed by atoms with Crippen LogP contribution in [0.4, 0.5) is 0 Å². The van der Waals surface area contributed by atoms with Crippen molar-refractivity contribution >= 4 is 11.9 Å². The fourth-order valence-electron chi connectivity index (χ4n) is 0.707. The van der Waals surface area contributed by atoms with E-state index in [2.05, 4.69) is 0 Å². The lowest BCUT2D eigenvalue weighted by atomic mass is 10.4. The molecule has 0 N–H and O–H groups in total. The summed E-state index contributed by atoms with van der Waals surface area (Å²) < 4.78 is 1.26. The Morgan fingerprint density at radius 2 is 1.75 bits per heavy atom. The Morgan fingerprint density at radius 1 is 1.17 bits per heavy atom. The van der Waals surface area contributed by atoms with Gasteiger partial charge in [0.25, 0.3) is 5.91 Å². The van der Waals surface area contributed by atoms with E-state index >= 15 is 0 Å². The van der Waals surface area contributed by atoms with Crippen molar-refractivity contribution < 1.29 is 14.7 Å². The fraction of sp³-hybridized carbons (Fsp3) is 0. The molecule has 0 atom stereocenters. The first-order valence-corrected chi connectivity index (χ1v) is 3.26. The Balaban J connectivity index is 2.68. The molecular formula is C8H6NO3-. The number of carbonyl (C=O) groups is 2. The molecule has 12 heavy (non-hydrogen) atoms. The molecule has 0 aliphatic rings. The van der Waals surface area contributed by atoms with Crippen LogP contribution in [0, 0.1) is 0 Å². The van der Waals surface area contributed by atoms with E-state index in [9.17, 15) is 14.7 Å². The highest BCUT2D eigenvalue weighted by Gasteiger charge is 1.95. The summed E-state index contributed by atoms with van der Waals surface area (Å²) in [5, 5.41) is 9.91. The molecule has 0 unspecified atom stereocenters. The van der Waals surface area contributed by atoms with E-state index in [1.807, 2.05) is 0 Å². The van der Waals surface area contributed by atoms with Crippen LogP contribution in [-0.2, 0) is 4.79 Å². The summed E-state index contributed by atoms with van der Waals surface area (Å²) in [7, 11) is 0. The smallest absolute Gasteiger partial charge is 0.254 e. The summed E-state index contributed by atoms with van der Waals surface area (Å²) in [6.07, 6.45) is 4.70. The van der Waals surface area contributed by atoms with Crippen LogP contribution < -0.4 is 5.11 Å². The van der Waals surface area contributed by atoms with Gasteiger partial charge in [0.2, 0.25) is 0 Å². The maximum absolute atomic E-state index is 11.0. The van der Waals surface area contributed by atoms with Crippen LogP contribution in [0.15, 0.2) is 36.7 Å². The van der Waals surface area contributed by atoms with Crippen molar-refractivity contribution in [2.45, 2.75) is 0 Å². The third-order valence-electron chi connectivity index (χ3n) is 1.22. The van der Waals surface area contributed by atoms with Gasteiger partial charge in [0.1, 0.15) is 0 Å². The Hall–Kier alpha value is -1.84. The molecule has 0 aromatic carbocycles. The van der Waals surface area contributed by atoms with E-state index in [0.717, 1.165) is 6.08 Å². The number of rotatable bonds is 2. The molecule has 0 amide bonds. The first kappa shape index (κ1) is 8.26. The van der Waals surface area contributed by atoms with Crippen LogP contribution in [-0.4, -0.2) is 16.4 Å². The summed E-state index contributed by atoms with van der Waals surface area (Å²) in [6.45, 7) is 0. The van der Waals surface area contributed by atoms with Crippen molar-refractivity contribution in [2.75, 3.05) is 0 Å². The number of aliphatic carboxylic acids is 1. The van der Waals surface area contributed by atoms with E-state index < -0.39 is 11.9 Å². The number of hydrogen-bond donors (Lipinski definition) is 0. The standard InChI is InChI=1S/C8H7NO3/c10-7(3-4-8(11)12)9-5-1-2-6-9/h1-6H,(H,11,12)/p-1. The van der Waals surface area contributed by atoms with Crippen molar-refractivity contribution in [3.05, 3.63) is 36.7 Å². The summed E-state index contributed by atoms with van der Waals surface area (Å²) in [5.74, 6) is -1.79. The molecule has 0 radical (unpaired) electrons. The summed E-state index contributed by atoms with van der Waals surface area (Å²) in [5.41, 5.74) is 0. The zero-order valence-electron chi connectivity index (χ0n) is 6.14. The van der Waals surface area contributed by atoms with Gasteiger partial charge in [-0.05, 0) is 18.2 Å². The molecule has 0 aliphatic carbocycles. The van der Waals surface area contributed by atoms with Gasteiger partial charge >= 0.3 is 0 Å². The predicted octanol–water partition coefficient (Wildman–Crippen LogP) is -0.566. The van der Waals surface area contributed by atoms with E-state index in [-0.39, 0.29) is 0 Å². The van der Waals surface area contributed by atoms with Gasteiger partial charge in [-0.25, -0.2) is 0 Å². The normalized spacial score (nSPS) is 10.3. The number of carbonyl (C=O) groups excluding carboxylic acids is 2. The SMILES string of the molecule is O=C([O-])C=CC(=O)n1cccc1. The third kappa shape index (κ3) is 2.09. The second-order valence-corrected chi connectivity index (χ2v) is 2.08. The molecule has 1 aromatic rings. The molecule has 0 fully saturated rings. The molecule has 0 spiro atoms. The van der Waals surface area contributed by atoms with Gasteiger partial charge in [-0.15, -0.1) is 0 Å². The molecule has 4 nitrogen and oxygen atoms in total.